The normalized spacial score (nSPS) is 13.7. The number of benzene rings is 1. The lowest BCUT2D eigenvalue weighted by Crippen LogP contribution is -2.34. The molecule has 1 aromatic heterocycles. The van der Waals surface area contributed by atoms with Gasteiger partial charge in [0.25, 0.3) is 5.69 Å². The third-order valence-electron chi connectivity index (χ3n) is 4.52. The van der Waals surface area contributed by atoms with Crippen molar-refractivity contribution in [3.8, 4) is 0 Å². The lowest BCUT2D eigenvalue weighted by Gasteiger charge is -2.22. The van der Waals surface area contributed by atoms with Crippen LogP contribution in [-0.2, 0) is 21.4 Å². The molecule has 1 saturated carbocycles. The number of nitrogens with zero attached hydrogens (tertiary/aromatic N) is 3. The minimum Gasteiger partial charge on any atom is -0.379 e. The van der Waals surface area contributed by atoms with Crippen molar-refractivity contribution < 1.29 is 18.1 Å². The molecule has 3 N–H and O–H groups in total. The van der Waals surface area contributed by atoms with Gasteiger partial charge in [0.05, 0.1) is 22.1 Å². The number of primary sulfonamides is 1. The van der Waals surface area contributed by atoms with Gasteiger partial charge >= 0.3 is 0 Å². The molecule has 0 unspecified atom stereocenters. The van der Waals surface area contributed by atoms with Crippen LogP contribution in [-0.4, -0.2) is 41.7 Å². The molecule has 0 atom stereocenters. The van der Waals surface area contributed by atoms with E-state index in [4.69, 9.17) is 5.14 Å². The van der Waals surface area contributed by atoms with Crippen LogP contribution in [0.25, 0.3) is 0 Å². The number of pyridine rings is 1. The van der Waals surface area contributed by atoms with E-state index in [1.54, 1.807) is 11.1 Å². The number of carbonyl (C=O) groups is 1. The molecule has 2 aromatic rings. The van der Waals surface area contributed by atoms with Crippen molar-refractivity contribution in [2.24, 2.45) is 5.14 Å². The lowest BCUT2D eigenvalue weighted by molar-refractivity contribution is -0.384. The van der Waals surface area contributed by atoms with Gasteiger partial charge < -0.3 is 10.2 Å². The summed E-state index contributed by atoms with van der Waals surface area (Å²) >= 11 is 0. The van der Waals surface area contributed by atoms with Crippen molar-refractivity contribution in [2.75, 3.05) is 11.9 Å². The van der Waals surface area contributed by atoms with E-state index in [9.17, 15) is 23.3 Å². The Hall–Kier alpha value is -3.05. The van der Waals surface area contributed by atoms with Crippen molar-refractivity contribution in [3.63, 3.8) is 0 Å². The smallest absolute Gasteiger partial charge is 0.293 e. The molecule has 0 saturated heterocycles. The highest BCUT2D eigenvalue weighted by Crippen LogP contribution is 2.29. The predicted molar refractivity (Wildman–Crippen MR) is 105 cm³/mol. The van der Waals surface area contributed by atoms with E-state index in [-0.39, 0.29) is 35.5 Å². The second-order valence-corrected chi connectivity index (χ2v) is 8.29. The molecular formula is C18H21N5O5S. The molecule has 154 valence electrons. The SMILES string of the molecule is NS(=O)(=O)c1ccc(NCCC(=O)N(Cc2ccccn2)C2CC2)c([N+](=O)[O-])c1. The molecule has 0 radical (unpaired) electrons. The lowest BCUT2D eigenvalue weighted by atomic mass is 10.2. The highest BCUT2D eigenvalue weighted by atomic mass is 32.2. The Morgan fingerprint density at radius 3 is 2.66 bits per heavy atom. The number of carbonyl (C=O) groups excluding carboxylic acids is 1. The summed E-state index contributed by atoms with van der Waals surface area (Å²) < 4.78 is 22.8. The summed E-state index contributed by atoms with van der Waals surface area (Å²) in [6, 6.07) is 9.09. The van der Waals surface area contributed by atoms with Crippen LogP contribution < -0.4 is 10.5 Å². The van der Waals surface area contributed by atoms with Gasteiger partial charge in [-0.1, -0.05) is 6.07 Å². The van der Waals surface area contributed by atoms with Gasteiger partial charge in [0.2, 0.25) is 15.9 Å². The van der Waals surface area contributed by atoms with Crippen LogP contribution in [0.4, 0.5) is 11.4 Å². The first-order chi connectivity index (χ1) is 13.8. The Bertz CT molecular complexity index is 1010. The Labute approximate surface area is 167 Å². The van der Waals surface area contributed by atoms with Gasteiger partial charge in [-0.05, 0) is 37.1 Å². The van der Waals surface area contributed by atoms with Crippen molar-refractivity contribution in [3.05, 3.63) is 58.4 Å². The summed E-state index contributed by atoms with van der Waals surface area (Å²) in [7, 11) is -4.05. The second kappa shape index (κ2) is 8.53. The maximum atomic E-state index is 12.7. The number of hydrogen-bond acceptors (Lipinski definition) is 7. The van der Waals surface area contributed by atoms with Gasteiger partial charge in [-0.25, -0.2) is 13.6 Å². The number of rotatable bonds is 9. The molecule has 1 aromatic carbocycles. The number of nitro benzene ring substituents is 1. The van der Waals surface area contributed by atoms with Crippen LogP contribution in [0.15, 0.2) is 47.5 Å². The molecule has 1 fully saturated rings. The summed E-state index contributed by atoms with van der Waals surface area (Å²) in [5.41, 5.74) is 0.504. The summed E-state index contributed by atoms with van der Waals surface area (Å²) in [6.07, 6.45) is 3.72. The fraction of sp³-hybridized carbons (Fsp3) is 0.333. The van der Waals surface area contributed by atoms with Crippen LogP contribution in [0.5, 0.6) is 0 Å². The average Bonchev–Trinajstić information content (AvgIpc) is 3.51. The van der Waals surface area contributed by atoms with Crippen LogP contribution in [0, 0.1) is 10.1 Å². The fourth-order valence-corrected chi connectivity index (χ4v) is 3.44. The summed E-state index contributed by atoms with van der Waals surface area (Å²) in [5, 5.41) is 19.1. The van der Waals surface area contributed by atoms with Crippen molar-refractivity contribution in [2.45, 2.75) is 36.7 Å². The third-order valence-corrected chi connectivity index (χ3v) is 5.43. The van der Waals surface area contributed by atoms with E-state index < -0.39 is 20.6 Å². The molecule has 3 rings (SSSR count). The van der Waals surface area contributed by atoms with Crippen molar-refractivity contribution >= 4 is 27.3 Å². The molecule has 0 bridgehead atoms. The molecule has 10 nitrogen and oxygen atoms in total. The standard InChI is InChI=1S/C18H21N5O5S/c19-29(27,28)15-6-7-16(17(11-15)23(25)26)21-10-8-18(24)22(14-4-5-14)12-13-3-1-2-9-20-13/h1-3,6-7,9,11,14,21H,4-5,8,10,12H2,(H2,19,27,28). The molecule has 0 spiro atoms. The van der Waals surface area contributed by atoms with Crippen LogP contribution >= 0.6 is 0 Å². The monoisotopic (exact) mass is 419 g/mol. The zero-order valence-corrected chi connectivity index (χ0v) is 16.3. The summed E-state index contributed by atoms with van der Waals surface area (Å²) in [5.74, 6) is -0.0746. The van der Waals surface area contributed by atoms with Gasteiger partial charge in [-0.15, -0.1) is 0 Å². The molecule has 0 aliphatic heterocycles. The summed E-state index contributed by atoms with van der Waals surface area (Å²) in [6.45, 7) is 0.591. The van der Waals surface area contributed by atoms with Gasteiger partial charge in [-0.3, -0.25) is 19.9 Å². The van der Waals surface area contributed by atoms with E-state index in [0.717, 1.165) is 24.6 Å². The quantitative estimate of drug-likeness (QED) is 0.463. The average molecular weight is 419 g/mol. The maximum absolute atomic E-state index is 12.7. The molecule has 1 aliphatic carbocycles. The Balaban J connectivity index is 1.64. The number of nitro groups is 1. The van der Waals surface area contributed by atoms with Crippen LogP contribution in [0.3, 0.4) is 0 Å². The number of sulfonamides is 1. The Morgan fingerprint density at radius 1 is 1.31 bits per heavy atom. The number of hydrogen-bond donors (Lipinski definition) is 2. The molecule has 1 amide bonds. The van der Waals surface area contributed by atoms with E-state index in [2.05, 4.69) is 10.3 Å². The van der Waals surface area contributed by atoms with Gasteiger partial charge in [-0.2, -0.15) is 0 Å². The van der Waals surface area contributed by atoms with Crippen molar-refractivity contribution in [1.29, 1.82) is 0 Å². The summed E-state index contributed by atoms with van der Waals surface area (Å²) in [4.78, 5) is 28.9. The number of nitrogens with two attached hydrogens (primary N) is 1. The second-order valence-electron chi connectivity index (χ2n) is 6.73. The molecule has 11 heteroatoms. The largest absolute Gasteiger partial charge is 0.379 e. The molecule has 1 heterocycles. The van der Waals surface area contributed by atoms with Gasteiger partial charge in [0, 0.05) is 31.3 Å². The number of nitrogens with one attached hydrogen (secondary N) is 1. The van der Waals surface area contributed by atoms with E-state index in [1.807, 2.05) is 18.2 Å². The molecular weight excluding hydrogens is 398 g/mol. The van der Waals surface area contributed by atoms with E-state index in [0.29, 0.717) is 6.54 Å². The molecule has 29 heavy (non-hydrogen) atoms. The minimum absolute atomic E-state index is 0.0746. The van der Waals surface area contributed by atoms with Gasteiger partial charge in [0.15, 0.2) is 0 Å². The van der Waals surface area contributed by atoms with E-state index in [1.165, 1.54) is 12.1 Å². The third kappa shape index (κ3) is 5.48. The number of amides is 1. The van der Waals surface area contributed by atoms with Crippen LogP contribution in [0.2, 0.25) is 0 Å². The molecule has 1 aliphatic rings. The van der Waals surface area contributed by atoms with Gasteiger partial charge in [0.1, 0.15) is 5.69 Å². The topological polar surface area (TPSA) is 149 Å². The van der Waals surface area contributed by atoms with Crippen LogP contribution in [0.1, 0.15) is 25.0 Å². The predicted octanol–water partition coefficient (Wildman–Crippen LogP) is 1.63. The first-order valence-corrected chi connectivity index (χ1v) is 10.5. The Morgan fingerprint density at radius 2 is 2.07 bits per heavy atom. The maximum Gasteiger partial charge on any atom is 0.293 e. The zero-order valence-electron chi connectivity index (χ0n) is 15.5. The fourth-order valence-electron chi connectivity index (χ4n) is 2.91. The number of anilines is 1. The van der Waals surface area contributed by atoms with Crippen molar-refractivity contribution in [1.82, 2.24) is 9.88 Å². The minimum atomic E-state index is -4.05. The first kappa shape index (κ1) is 20.7. The highest BCUT2D eigenvalue weighted by Gasteiger charge is 2.32. The highest BCUT2D eigenvalue weighted by molar-refractivity contribution is 7.89. The zero-order chi connectivity index (χ0) is 21.0. The first-order valence-electron chi connectivity index (χ1n) is 9.00. The Kier molecular flexibility index (Phi) is 6.09. The van der Waals surface area contributed by atoms with E-state index >= 15 is 0 Å². The number of aromatic nitrogens is 1.